The molecule has 5 heteroatoms. The molecule has 0 spiro atoms. The highest BCUT2D eigenvalue weighted by molar-refractivity contribution is 9.11. The number of halogens is 1. The van der Waals surface area contributed by atoms with E-state index in [2.05, 4.69) is 44.6 Å². The summed E-state index contributed by atoms with van der Waals surface area (Å²) in [6.07, 6.45) is 2.74. The minimum Gasteiger partial charge on any atom is -0.496 e. The van der Waals surface area contributed by atoms with E-state index in [4.69, 9.17) is 4.74 Å². The zero-order chi connectivity index (χ0) is 14.7. The van der Waals surface area contributed by atoms with E-state index in [1.54, 1.807) is 18.4 Å². The van der Waals surface area contributed by atoms with Crippen molar-refractivity contribution >= 4 is 27.3 Å². The molecule has 1 unspecified atom stereocenters. The monoisotopic (exact) mass is 354 g/mol. The lowest BCUT2D eigenvalue weighted by molar-refractivity contribution is 0.406. The predicted octanol–water partition coefficient (Wildman–Crippen LogP) is 4.03. The fourth-order valence-corrected chi connectivity index (χ4v) is 3.59. The van der Waals surface area contributed by atoms with Crippen molar-refractivity contribution in [3.8, 4) is 5.75 Å². The molecular weight excluding hydrogens is 336 g/mol. The Bertz CT molecular complexity index is 598. The van der Waals surface area contributed by atoms with Crippen molar-refractivity contribution in [3.63, 3.8) is 0 Å². The van der Waals surface area contributed by atoms with Crippen molar-refractivity contribution in [1.82, 2.24) is 10.3 Å². The van der Waals surface area contributed by atoms with Gasteiger partial charge in [0, 0.05) is 35.5 Å². The maximum atomic E-state index is 5.48. The third-order valence-corrected chi connectivity index (χ3v) is 5.01. The molecule has 0 aromatic carbocycles. The molecule has 2 rings (SSSR count). The Morgan fingerprint density at radius 3 is 2.75 bits per heavy atom. The number of pyridine rings is 1. The first-order valence-electron chi connectivity index (χ1n) is 6.47. The molecule has 2 aromatic rings. The van der Waals surface area contributed by atoms with Crippen molar-refractivity contribution in [2.24, 2.45) is 0 Å². The summed E-state index contributed by atoms with van der Waals surface area (Å²) in [7, 11) is 3.70. The zero-order valence-corrected chi connectivity index (χ0v) is 14.6. The van der Waals surface area contributed by atoms with E-state index < -0.39 is 0 Å². The van der Waals surface area contributed by atoms with Crippen LogP contribution < -0.4 is 10.1 Å². The van der Waals surface area contributed by atoms with Gasteiger partial charge in [0.1, 0.15) is 5.75 Å². The van der Waals surface area contributed by atoms with Crippen LogP contribution in [0, 0.1) is 13.8 Å². The number of likely N-dealkylation sites (N-methyl/N-ethyl adjacent to an activating group) is 1. The Morgan fingerprint density at radius 1 is 1.45 bits per heavy atom. The van der Waals surface area contributed by atoms with Gasteiger partial charge in [-0.2, -0.15) is 0 Å². The first kappa shape index (κ1) is 15.5. The Morgan fingerprint density at radius 2 is 2.20 bits per heavy atom. The average molecular weight is 355 g/mol. The van der Waals surface area contributed by atoms with Gasteiger partial charge in [-0.25, -0.2) is 0 Å². The molecule has 0 radical (unpaired) electrons. The van der Waals surface area contributed by atoms with Crippen molar-refractivity contribution in [2.75, 3.05) is 14.2 Å². The van der Waals surface area contributed by atoms with E-state index in [0.717, 1.165) is 32.8 Å². The van der Waals surface area contributed by atoms with Crippen LogP contribution in [-0.2, 0) is 6.42 Å². The zero-order valence-electron chi connectivity index (χ0n) is 12.2. The van der Waals surface area contributed by atoms with Gasteiger partial charge in [-0.15, -0.1) is 11.3 Å². The van der Waals surface area contributed by atoms with Crippen molar-refractivity contribution in [1.29, 1.82) is 0 Å². The molecule has 0 saturated heterocycles. The highest BCUT2D eigenvalue weighted by atomic mass is 79.9. The van der Waals surface area contributed by atoms with Crippen LogP contribution in [0.25, 0.3) is 0 Å². The van der Waals surface area contributed by atoms with Crippen LogP contribution in [0.2, 0.25) is 0 Å². The number of methoxy groups -OCH3 is 1. The maximum absolute atomic E-state index is 5.48. The number of aryl methyl sites for hydroxylation is 1. The summed E-state index contributed by atoms with van der Waals surface area (Å²) >= 11 is 5.22. The van der Waals surface area contributed by atoms with Crippen LogP contribution in [0.3, 0.4) is 0 Å². The number of aromatic nitrogens is 1. The molecule has 20 heavy (non-hydrogen) atoms. The molecule has 0 aliphatic carbocycles. The van der Waals surface area contributed by atoms with Gasteiger partial charge < -0.3 is 10.1 Å². The van der Waals surface area contributed by atoms with Crippen LogP contribution >= 0.6 is 27.3 Å². The van der Waals surface area contributed by atoms with Gasteiger partial charge in [-0.1, -0.05) is 0 Å². The second-order valence-electron chi connectivity index (χ2n) is 4.78. The molecule has 0 aliphatic heterocycles. The lowest BCUT2D eigenvalue weighted by atomic mass is 10.0. The van der Waals surface area contributed by atoms with Gasteiger partial charge in [0.05, 0.1) is 10.9 Å². The molecule has 108 valence electrons. The number of ether oxygens (including phenoxy) is 1. The SMILES string of the molecule is CNC(Cc1ncc(C)c(OC)c1C)c1csc(Br)c1. The summed E-state index contributed by atoms with van der Waals surface area (Å²) in [4.78, 5) is 4.58. The lowest BCUT2D eigenvalue weighted by Crippen LogP contribution is -2.19. The van der Waals surface area contributed by atoms with Gasteiger partial charge in [-0.3, -0.25) is 4.98 Å². The number of rotatable bonds is 5. The van der Waals surface area contributed by atoms with Crippen LogP contribution in [0.1, 0.15) is 28.4 Å². The first-order valence-corrected chi connectivity index (χ1v) is 8.14. The fraction of sp³-hybridized carbons (Fsp3) is 0.400. The van der Waals surface area contributed by atoms with E-state index in [1.807, 2.05) is 20.2 Å². The molecule has 0 saturated carbocycles. The van der Waals surface area contributed by atoms with Gasteiger partial charge >= 0.3 is 0 Å². The van der Waals surface area contributed by atoms with Crippen molar-refractivity contribution in [2.45, 2.75) is 26.3 Å². The highest BCUT2D eigenvalue weighted by Gasteiger charge is 2.16. The lowest BCUT2D eigenvalue weighted by Gasteiger charge is -2.18. The van der Waals surface area contributed by atoms with E-state index in [0.29, 0.717) is 0 Å². The third kappa shape index (κ3) is 3.22. The summed E-state index contributed by atoms with van der Waals surface area (Å²) < 4.78 is 6.63. The van der Waals surface area contributed by atoms with Gasteiger partial charge in [-0.05, 0) is 53.8 Å². The first-order chi connectivity index (χ1) is 9.56. The molecule has 1 N–H and O–H groups in total. The van der Waals surface area contributed by atoms with Crippen LogP contribution in [0.5, 0.6) is 5.75 Å². The summed E-state index contributed by atoms with van der Waals surface area (Å²) in [5, 5.41) is 5.54. The largest absolute Gasteiger partial charge is 0.496 e. The smallest absolute Gasteiger partial charge is 0.128 e. The number of hydrogen-bond acceptors (Lipinski definition) is 4. The Kier molecular flexibility index (Phi) is 5.18. The summed E-state index contributed by atoms with van der Waals surface area (Å²) in [5.41, 5.74) is 4.56. The van der Waals surface area contributed by atoms with Crippen LogP contribution in [0.4, 0.5) is 0 Å². The molecule has 3 nitrogen and oxygen atoms in total. The molecule has 0 bridgehead atoms. The molecule has 0 aliphatic rings. The molecule has 0 fully saturated rings. The molecular formula is C15H19BrN2OS. The number of hydrogen-bond donors (Lipinski definition) is 1. The van der Waals surface area contributed by atoms with Crippen molar-refractivity contribution in [3.05, 3.63) is 43.8 Å². The average Bonchev–Trinajstić information content (AvgIpc) is 2.85. The highest BCUT2D eigenvalue weighted by Crippen LogP contribution is 2.30. The van der Waals surface area contributed by atoms with E-state index in [1.165, 1.54) is 5.56 Å². The van der Waals surface area contributed by atoms with E-state index in [9.17, 15) is 0 Å². The second kappa shape index (κ2) is 6.70. The normalized spacial score (nSPS) is 12.4. The van der Waals surface area contributed by atoms with Gasteiger partial charge in [0.15, 0.2) is 0 Å². The number of thiophene rings is 1. The Hall–Kier alpha value is -0.910. The van der Waals surface area contributed by atoms with E-state index >= 15 is 0 Å². The predicted molar refractivity (Wildman–Crippen MR) is 87.8 cm³/mol. The molecule has 1 atom stereocenters. The van der Waals surface area contributed by atoms with Crippen molar-refractivity contribution < 1.29 is 4.74 Å². The minimum atomic E-state index is 0.260. The standard InChI is InChI=1S/C15H19BrN2OS/c1-9-7-18-12(10(2)15(9)19-4)6-13(17-3)11-5-14(16)20-8-11/h5,7-8,13,17H,6H2,1-4H3. The fourth-order valence-electron chi connectivity index (χ4n) is 2.36. The number of nitrogens with zero attached hydrogens (tertiary/aromatic N) is 1. The second-order valence-corrected chi connectivity index (χ2v) is 7.07. The third-order valence-electron chi connectivity index (χ3n) is 3.49. The van der Waals surface area contributed by atoms with Gasteiger partial charge in [0.25, 0.3) is 0 Å². The maximum Gasteiger partial charge on any atom is 0.128 e. The topological polar surface area (TPSA) is 34.2 Å². The molecule has 2 heterocycles. The minimum absolute atomic E-state index is 0.260. The summed E-state index contributed by atoms with van der Waals surface area (Å²) in [6.45, 7) is 4.10. The van der Waals surface area contributed by atoms with Gasteiger partial charge in [0.2, 0.25) is 0 Å². The summed E-state index contributed by atoms with van der Waals surface area (Å²) in [6, 6.07) is 2.42. The Balaban J connectivity index is 2.28. The number of nitrogens with one attached hydrogen (secondary N) is 1. The molecule has 0 amide bonds. The molecule has 2 aromatic heterocycles. The summed E-state index contributed by atoms with van der Waals surface area (Å²) in [5.74, 6) is 0.941. The Labute approximate surface area is 132 Å². The van der Waals surface area contributed by atoms with Crippen LogP contribution in [-0.4, -0.2) is 19.1 Å². The quantitative estimate of drug-likeness (QED) is 0.879. The van der Waals surface area contributed by atoms with Crippen LogP contribution in [0.15, 0.2) is 21.4 Å². The van der Waals surface area contributed by atoms with E-state index in [-0.39, 0.29) is 6.04 Å².